The number of benzene rings is 1. The molecule has 6 nitrogen and oxygen atoms in total. The molecule has 0 spiro atoms. The highest BCUT2D eigenvalue weighted by molar-refractivity contribution is 5.69. The molecular formula is C23H36N2O4. The van der Waals surface area contributed by atoms with Gasteiger partial charge >= 0.3 is 5.97 Å². The molecule has 29 heavy (non-hydrogen) atoms. The maximum atomic E-state index is 11.8. The minimum atomic E-state index is -0.107. The molecule has 0 aliphatic carbocycles. The lowest BCUT2D eigenvalue weighted by molar-refractivity contribution is -0.141. The maximum Gasteiger partial charge on any atom is 0.305 e. The minimum Gasteiger partial charge on any atom is -0.496 e. The number of esters is 1. The molecule has 0 amide bonds. The van der Waals surface area contributed by atoms with Crippen LogP contribution in [-0.4, -0.2) is 75.4 Å². The van der Waals surface area contributed by atoms with Gasteiger partial charge in [-0.05, 0) is 61.9 Å². The average Bonchev–Trinajstić information content (AvgIpc) is 2.75. The lowest BCUT2D eigenvalue weighted by Crippen LogP contribution is -2.53. The summed E-state index contributed by atoms with van der Waals surface area (Å²) in [6.07, 6.45) is 2.52. The van der Waals surface area contributed by atoms with Crippen LogP contribution in [0.5, 0.6) is 5.75 Å². The molecule has 0 aromatic heterocycles. The number of ether oxygens (including phenoxy) is 3. The zero-order chi connectivity index (χ0) is 20.8. The fourth-order valence-corrected chi connectivity index (χ4v) is 4.80. The Morgan fingerprint density at radius 2 is 1.90 bits per heavy atom. The zero-order valence-electron chi connectivity index (χ0n) is 18.4. The van der Waals surface area contributed by atoms with Crippen molar-refractivity contribution in [2.75, 3.05) is 53.6 Å². The van der Waals surface area contributed by atoms with Crippen LogP contribution in [0.3, 0.4) is 0 Å². The normalized spacial score (nSPS) is 23.7. The summed E-state index contributed by atoms with van der Waals surface area (Å²) in [6.45, 7) is 10.9. The molecule has 162 valence electrons. The van der Waals surface area contributed by atoms with Gasteiger partial charge in [0.05, 0.1) is 27.4 Å². The Labute approximate surface area is 175 Å². The van der Waals surface area contributed by atoms with Crippen molar-refractivity contribution in [2.24, 2.45) is 5.92 Å². The molecule has 2 heterocycles. The van der Waals surface area contributed by atoms with Crippen molar-refractivity contribution in [3.8, 4) is 5.75 Å². The number of piperidine rings is 1. The monoisotopic (exact) mass is 404 g/mol. The lowest BCUT2D eigenvalue weighted by Gasteiger charge is -2.45. The van der Waals surface area contributed by atoms with Crippen molar-refractivity contribution in [3.63, 3.8) is 0 Å². The third-order valence-electron chi connectivity index (χ3n) is 6.49. The number of hydrogen-bond donors (Lipinski definition) is 0. The summed E-state index contributed by atoms with van der Waals surface area (Å²) in [5, 5.41) is 0. The summed E-state index contributed by atoms with van der Waals surface area (Å²) in [6, 6.07) is 4.92. The standard InChI is InChI=1S/C23H36N2O4/c1-17-14-22(27-3)18(2)13-20(17)16-24-8-7-21(25-9-11-29-12-10-25)19(15-24)5-6-23(26)28-4/h13-14,19,21H,5-12,15-16H2,1-4H3/t19-,21+/m0/s1. The summed E-state index contributed by atoms with van der Waals surface area (Å²) in [7, 11) is 3.20. The van der Waals surface area contributed by atoms with E-state index in [1.54, 1.807) is 7.11 Å². The van der Waals surface area contributed by atoms with Crippen LogP contribution in [0.4, 0.5) is 0 Å². The molecule has 2 fully saturated rings. The van der Waals surface area contributed by atoms with Crippen LogP contribution in [-0.2, 0) is 20.8 Å². The molecule has 6 heteroatoms. The number of methoxy groups -OCH3 is 2. The third-order valence-corrected chi connectivity index (χ3v) is 6.49. The number of rotatable bonds is 7. The number of aryl methyl sites for hydroxylation is 2. The summed E-state index contributed by atoms with van der Waals surface area (Å²) in [4.78, 5) is 16.9. The number of nitrogens with zero attached hydrogens (tertiary/aromatic N) is 2. The van der Waals surface area contributed by atoms with Crippen molar-refractivity contribution < 1.29 is 19.0 Å². The predicted octanol–water partition coefficient (Wildman–Crippen LogP) is 2.79. The van der Waals surface area contributed by atoms with Crippen molar-refractivity contribution >= 4 is 5.97 Å². The van der Waals surface area contributed by atoms with Gasteiger partial charge in [-0.25, -0.2) is 0 Å². The second-order valence-corrected chi connectivity index (χ2v) is 8.36. The Hall–Kier alpha value is -1.63. The van der Waals surface area contributed by atoms with E-state index in [1.165, 1.54) is 23.8 Å². The van der Waals surface area contributed by atoms with Crippen molar-refractivity contribution in [1.82, 2.24) is 9.80 Å². The summed E-state index contributed by atoms with van der Waals surface area (Å²) < 4.78 is 15.9. The van der Waals surface area contributed by atoms with E-state index in [2.05, 4.69) is 35.8 Å². The summed E-state index contributed by atoms with van der Waals surface area (Å²) in [5.74, 6) is 1.32. The molecule has 3 rings (SSSR count). The van der Waals surface area contributed by atoms with Gasteiger partial charge in [0.2, 0.25) is 0 Å². The Morgan fingerprint density at radius 1 is 1.14 bits per heavy atom. The second-order valence-electron chi connectivity index (χ2n) is 8.36. The molecule has 0 saturated carbocycles. The molecule has 1 aromatic rings. The van der Waals surface area contributed by atoms with Crippen molar-refractivity contribution in [2.45, 2.75) is 45.7 Å². The van der Waals surface area contributed by atoms with Gasteiger partial charge in [0.15, 0.2) is 0 Å². The van der Waals surface area contributed by atoms with E-state index in [0.717, 1.165) is 64.5 Å². The van der Waals surface area contributed by atoms with E-state index in [9.17, 15) is 4.79 Å². The van der Waals surface area contributed by atoms with Crippen LogP contribution in [0.15, 0.2) is 12.1 Å². The Kier molecular flexibility index (Phi) is 7.92. The van der Waals surface area contributed by atoms with Gasteiger partial charge in [0, 0.05) is 38.6 Å². The van der Waals surface area contributed by atoms with E-state index in [0.29, 0.717) is 18.4 Å². The van der Waals surface area contributed by atoms with Crippen molar-refractivity contribution in [1.29, 1.82) is 0 Å². The average molecular weight is 405 g/mol. The fourth-order valence-electron chi connectivity index (χ4n) is 4.80. The fraction of sp³-hybridized carbons (Fsp3) is 0.696. The molecule has 2 saturated heterocycles. The van der Waals surface area contributed by atoms with Gasteiger partial charge in [-0.1, -0.05) is 6.07 Å². The Balaban J connectivity index is 1.68. The molecule has 0 radical (unpaired) electrons. The van der Waals surface area contributed by atoms with E-state index in [1.807, 2.05) is 0 Å². The highest BCUT2D eigenvalue weighted by atomic mass is 16.5. The first-order chi connectivity index (χ1) is 14.0. The predicted molar refractivity (Wildman–Crippen MR) is 113 cm³/mol. The number of morpholine rings is 1. The van der Waals surface area contributed by atoms with Gasteiger partial charge in [-0.3, -0.25) is 14.6 Å². The molecule has 2 aliphatic heterocycles. The first-order valence-corrected chi connectivity index (χ1v) is 10.8. The molecule has 2 atom stereocenters. The van der Waals surface area contributed by atoms with Crippen molar-refractivity contribution in [3.05, 3.63) is 28.8 Å². The number of carbonyl (C=O) groups excluding carboxylic acids is 1. The highest BCUT2D eigenvalue weighted by Gasteiger charge is 2.34. The molecule has 2 aliphatic rings. The Morgan fingerprint density at radius 3 is 2.59 bits per heavy atom. The number of hydrogen-bond acceptors (Lipinski definition) is 6. The topological polar surface area (TPSA) is 51.2 Å². The zero-order valence-corrected chi connectivity index (χ0v) is 18.4. The highest BCUT2D eigenvalue weighted by Crippen LogP contribution is 2.30. The quantitative estimate of drug-likeness (QED) is 0.652. The summed E-state index contributed by atoms with van der Waals surface area (Å²) in [5.41, 5.74) is 3.81. The first kappa shape index (κ1) is 22.1. The van der Waals surface area contributed by atoms with Gasteiger partial charge in [0.1, 0.15) is 5.75 Å². The Bertz CT molecular complexity index is 688. The van der Waals surface area contributed by atoms with Crippen LogP contribution in [0, 0.1) is 19.8 Å². The van der Waals surface area contributed by atoms with E-state index >= 15 is 0 Å². The second kappa shape index (κ2) is 10.4. The summed E-state index contributed by atoms with van der Waals surface area (Å²) >= 11 is 0. The molecule has 0 N–H and O–H groups in total. The maximum absolute atomic E-state index is 11.8. The molecule has 1 aromatic carbocycles. The van der Waals surface area contributed by atoms with Gasteiger partial charge < -0.3 is 14.2 Å². The molecular weight excluding hydrogens is 368 g/mol. The van der Waals surface area contributed by atoms with Crippen LogP contribution >= 0.6 is 0 Å². The molecule has 0 unspecified atom stereocenters. The van der Waals surface area contributed by atoms with Crippen LogP contribution in [0.25, 0.3) is 0 Å². The van der Waals surface area contributed by atoms with Crippen LogP contribution in [0.1, 0.15) is 36.0 Å². The third kappa shape index (κ3) is 5.71. The largest absolute Gasteiger partial charge is 0.496 e. The van der Waals surface area contributed by atoms with E-state index < -0.39 is 0 Å². The van der Waals surface area contributed by atoms with E-state index in [-0.39, 0.29) is 5.97 Å². The van der Waals surface area contributed by atoms with Gasteiger partial charge in [0.25, 0.3) is 0 Å². The van der Waals surface area contributed by atoms with Gasteiger partial charge in [-0.2, -0.15) is 0 Å². The number of likely N-dealkylation sites (tertiary alicyclic amines) is 1. The smallest absolute Gasteiger partial charge is 0.305 e. The van der Waals surface area contributed by atoms with Crippen LogP contribution in [0.2, 0.25) is 0 Å². The SMILES string of the molecule is COC(=O)CC[C@H]1CN(Cc2cc(C)c(OC)cc2C)CC[C@H]1N1CCOCC1. The van der Waals surface area contributed by atoms with Crippen LogP contribution < -0.4 is 4.74 Å². The van der Waals surface area contributed by atoms with Gasteiger partial charge in [-0.15, -0.1) is 0 Å². The van der Waals surface area contributed by atoms with E-state index in [4.69, 9.17) is 14.2 Å². The molecule has 0 bridgehead atoms. The number of carbonyl (C=O) groups is 1. The lowest BCUT2D eigenvalue weighted by atomic mass is 9.86. The first-order valence-electron chi connectivity index (χ1n) is 10.8. The minimum absolute atomic E-state index is 0.107.